The molecule has 0 bridgehead atoms. The quantitative estimate of drug-likeness (QED) is 0.355. The van der Waals surface area contributed by atoms with Gasteiger partial charge in [0.25, 0.3) is 0 Å². The monoisotopic (exact) mass is 439 g/mol. The number of amides is 1. The predicted molar refractivity (Wildman–Crippen MR) is 122 cm³/mol. The van der Waals surface area contributed by atoms with Gasteiger partial charge in [0, 0.05) is 24.0 Å². The largest absolute Gasteiger partial charge is 0.494 e. The average Bonchev–Trinajstić information content (AvgIpc) is 3.59. The molecule has 1 aromatic heterocycles. The molecule has 1 atom stereocenters. The number of hydrogen-bond acceptors (Lipinski definition) is 6. The Morgan fingerprint density at radius 1 is 1.25 bits per heavy atom. The molecule has 4 rings (SSSR count). The highest BCUT2D eigenvalue weighted by Gasteiger charge is 2.30. The molecule has 1 fully saturated rings. The van der Waals surface area contributed by atoms with Crippen LogP contribution >= 0.6 is 0 Å². The lowest BCUT2D eigenvalue weighted by molar-refractivity contribution is -0.117. The van der Waals surface area contributed by atoms with Crippen LogP contribution in [0.5, 0.6) is 17.4 Å². The molecule has 3 aromatic rings. The fraction of sp³-hybridized carbons (Fsp3) is 0.375. The Morgan fingerprint density at radius 3 is 2.75 bits per heavy atom. The molecule has 1 aliphatic rings. The summed E-state index contributed by atoms with van der Waals surface area (Å²) >= 11 is 0. The van der Waals surface area contributed by atoms with Gasteiger partial charge in [0.05, 0.1) is 30.8 Å². The van der Waals surface area contributed by atoms with E-state index in [4.69, 9.17) is 9.47 Å². The number of carbonyl (C=O) groups is 1. The zero-order valence-corrected chi connectivity index (χ0v) is 18.3. The Hall–Kier alpha value is -3.23. The Morgan fingerprint density at radius 2 is 2.06 bits per heavy atom. The van der Waals surface area contributed by atoms with Crippen LogP contribution in [-0.4, -0.2) is 41.0 Å². The maximum Gasteiger partial charge on any atom is 0.227 e. The Labute approximate surface area is 186 Å². The summed E-state index contributed by atoms with van der Waals surface area (Å²) in [6, 6.07) is 10.9. The van der Waals surface area contributed by atoms with E-state index in [0.717, 1.165) is 23.8 Å². The van der Waals surface area contributed by atoms with Crippen molar-refractivity contribution in [1.82, 2.24) is 10.0 Å². The summed E-state index contributed by atoms with van der Waals surface area (Å²) in [6.45, 7) is 2.71. The van der Waals surface area contributed by atoms with Gasteiger partial charge in [-0.1, -0.05) is 18.2 Å². The molecule has 0 aliphatic heterocycles. The van der Waals surface area contributed by atoms with E-state index >= 15 is 0 Å². The molecule has 8 heteroatoms. The topological polar surface area (TPSA) is 105 Å². The van der Waals surface area contributed by atoms with Crippen LogP contribution in [0.25, 0.3) is 10.8 Å². The molecule has 0 radical (unpaired) electrons. The van der Waals surface area contributed by atoms with Crippen molar-refractivity contribution < 1.29 is 24.6 Å². The van der Waals surface area contributed by atoms with Crippen molar-refractivity contribution in [2.75, 3.05) is 25.6 Å². The van der Waals surface area contributed by atoms with Crippen LogP contribution < -0.4 is 20.3 Å². The van der Waals surface area contributed by atoms with E-state index in [1.54, 1.807) is 17.7 Å². The van der Waals surface area contributed by atoms with Crippen LogP contribution in [0.15, 0.2) is 42.6 Å². The molecule has 0 saturated heterocycles. The summed E-state index contributed by atoms with van der Waals surface area (Å²) in [7, 11) is 1.59. The molecule has 1 heterocycles. The standard InChI is InChI=1S/C24H29N3O5/c1-3-32-21-13-16(9-10-20(21)31-2)19(11-12-25-30)27-14-17-5-4-6-18(22(17)24(27)29)26-23(28)15-7-8-15/h4-6,9-10,13-15,19,25,29-30H,3,7-8,11-12H2,1-2H3,(H,26,28). The number of hydrogen-bond donors (Lipinski definition) is 4. The second kappa shape index (κ2) is 9.50. The smallest absolute Gasteiger partial charge is 0.227 e. The zero-order chi connectivity index (χ0) is 22.7. The van der Waals surface area contributed by atoms with Gasteiger partial charge in [-0.15, -0.1) is 0 Å². The predicted octanol–water partition coefficient (Wildman–Crippen LogP) is 4.06. The Kier molecular flexibility index (Phi) is 6.53. The number of hydroxylamine groups is 1. The van der Waals surface area contributed by atoms with Gasteiger partial charge in [-0.25, -0.2) is 5.48 Å². The van der Waals surface area contributed by atoms with Gasteiger partial charge in [-0.05, 0) is 49.9 Å². The maximum absolute atomic E-state index is 12.3. The lowest BCUT2D eigenvalue weighted by atomic mass is 10.0. The van der Waals surface area contributed by atoms with E-state index in [1.807, 2.05) is 43.5 Å². The van der Waals surface area contributed by atoms with Gasteiger partial charge in [0.15, 0.2) is 11.5 Å². The van der Waals surface area contributed by atoms with E-state index in [2.05, 4.69) is 10.8 Å². The second-order valence-electron chi connectivity index (χ2n) is 7.95. The van der Waals surface area contributed by atoms with Crippen molar-refractivity contribution >= 4 is 22.4 Å². The van der Waals surface area contributed by atoms with Crippen LogP contribution in [0.3, 0.4) is 0 Å². The molecule has 8 nitrogen and oxygen atoms in total. The first kappa shape index (κ1) is 22.0. The number of aromatic nitrogens is 1. The molecule has 1 unspecified atom stereocenters. The summed E-state index contributed by atoms with van der Waals surface area (Å²) in [5.74, 6) is 1.35. The SMILES string of the molecule is CCOc1cc(C(CCNO)n2cc3cccc(NC(=O)C4CC4)c3c2O)ccc1OC. The number of rotatable bonds is 10. The number of methoxy groups -OCH3 is 1. The van der Waals surface area contributed by atoms with Gasteiger partial charge in [-0.3, -0.25) is 4.79 Å². The second-order valence-corrected chi connectivity index (χ2v) is 7.95. The summed E-state index contributed by atoms with van der Waals surface area (Å²) in [4.78, 5) is 12.3. The van der Waals surface area contributed by atoms with Crippen LogP contribution in [0, 0.1) is 5.92 Å². The highest BCUT2D eigenvalue weighted by molar-refractivity contribution is 6.05. The van der Waals surface area contributed by atoms with E-state index in [0.29, 0.717) is 42.1 Å². The minimum Gasteiger partial charge on any atom is -0.494 e. The first-order chi connectivity index (χ1) is 15.6. The minimum atomic E-state index is -0.292. The molecule has 4 N–H and O–H groups in total. The van der Waals surface area contributed by atoms with Crippen LogP contribution in [0.1, 0.15) is 37.8 Å². The van der Waals surface area contributed by atoms with Gasteiger partial charge in [0.1, 0.15) is 0 Å². The molecule has 1 aliphatic carbocycles. The van der Waals surface area contributed by atoms with Crippen molar-refractivity contribution in [3.05, 3.63) is 48.2 Å². The minimum absolute atomic E-state index is 0.0119. The van der Waals surface area contributed by atoms with Crippen molar-refractivity contribution in [3.63, 3.8) is 0 Å². The Bertz CT molecular complexity index is 1110. The average molecular weight is 440 g/mol. The third-order valence-electron chi connectivity index (χ3n) is 5.79. The van der Waals surface area contributed by atoms with Gasteiger partial charge >= 0.3 is 0 Å². The number of anilines is 1. The molecule has 0 spiro atoms. The van der Waals surface area contributed by atoms with Crippen molar-refractivity contribution in [1.29, 1.82) is 0 Å². The first-order valence-electron chi connectivity index (χ1n) is 10.9. The molecule has 2 aromatic carbocycles. The zero-order valence-electron chi connectivity index (χ0n) is 18.3. The molecule has 1 saturated carbocycles. The lowest BCUT2D eigenvalue weighted by Crippen LogP contribution is -2.18. The number of benzene rings is 2. The molecular formula is C24H29N3O5. The highest BCUT2D eigenvalue weighted by Crippen LogP contribution is 2.40. The number of nitrogens with one attached hydrogen (secondary N) is 2. The third-order valence-corrected chi connectivity index (χ3v) is 5.79. The number of carbonyl (C=O) groups excluding carboxylic acids is 1. The number of aromatic hydroxyl groups is 1. The third kappa shape index (κ3) is 4.37. The fourth-order valence-electron chi connectivity index (χ4n) is 4.03. The van der Waals surface area contributed by atoms with Crippen molar-refractivity contribution in [2.24, 2.45) is 5.92 Å². The number of nitrogens with zero attached hydrogens (tertiary/aromatic N) is 1. The lowest BCUT2D eigenvalue weighted by Gasteiger charge is -2.22. The normalized spacial score (nSPS) is 14.3. The first-order valence-corrected chi connectivity index (χ1v) is 10.9. The molecule has 32 heavy (non-hydrogen) atoms. The van der Waals surface area contributed by atoms with Crippen LogP contribution in [0.4, 0.5) is 5.69 Å². The summed E-state index contributed by atoms with van der Waals surface area (Å²) in [5, 5.41) is 24.8. The molecule has 1 amide bonds. The number of ether oxygens (including phenoxy) is 2. The molecule has 170 valence electrons. The summed E-state index contributed by atoms with van der Waals surface area (Å²) in [5.41, 5.74) is 3.69. The van der Waals surface area contributed by atoms with Gasteiger partial charge < -0.3 is 29.7 Å². The van der Waals surface area contributed by atoms with Crippen LogP contribution in [-0.2, 0) is 4.79 Å². The fourth-order valence-corrected chi connectivity index (χ4v) is 4.03. The van der Waals surface area contributed by atoms with E-state index < -0.39 is 0 Å². The van der Waals surface area contributed by atoms with Crippen molar-refractivity contribution in [2.45, 2.75) is 32.2 Å². The molecular weight excluding hydrogens is 410 g/mol. The van der Waals surface area contributed by atoms with Gasteiger partial charge in [-0.2, -0.15) is 0 Å². The Balaban J connectivity index is 1.76. The van der Waals surface area contributed by atoms with E-state index in [1.165, 1.54) is 0 Å². The van der Waals surface area contributed by atoms with E-state index in [9.17, 15) is 15.1 Å². The van der Waals surface area contributed by atoms with Gasteiger partial charge in [0.2, 0.25) is 11.8 Å². The van der Waals surface area contributed by atoms with Crippen molar-refractivity contribution in [3.8, 4) is 17.4 Å². The van der Waals surface area contributed by atoms with Crippen LogP contribution in [0.2, 0.25) is 0 Å². The number of fused-ring (bicyclic) bond motifs is 1. The summed E-state index contributed by atoms with van der Waals surface area (Å²) in [6.07, 6.45) is 4.19. The maximum atomic E-state index is 12.3. The van der Waals surface area contributed by atoms with E-state index in [-0.39, 0.29) is 23.7 Å². The highest BCUT2D eigenvalue weighted by atomic mass is 16.5. The summed E-state index contributed by atoms with van der Waals surface area (Å²) < 4.78 is 12.9.